The minimum atomic E-state index is -1.17. The number of H-pyrrole nitrogens is 1. The number of hydrogen-bond acceptors (Lipinski definition) is 5. The Morgan fingerprint density at radius 2 is 2.10 bits per heavy atom. The van der Waals surface area contributed by atoms with E-state index >= 15 is 4.39 Å². The molecule has 0 radical (unpaired) electrons. The molecule has 3 heterocycles. The van der Waals surface area contributed by atoms with Crippen molar-refractivity contribution < 1.29 is 13.9 Å². The molecule has 0 amide bonds. The van der Waals surface area contributed by atoms with Crippen molar-refractivity contribution in [2.75, 3.05) is 13.1 Å². The van der Waals surface area contributed by atoms with E-state index in [1.54, 1.807) is 6.07 Å². The van der Waals surface area contributed by atoms with E-state index < -0.39 is 24.8 Å². The van der Waals surface area contributed by atoms with Crippen LogP contribution in [0.25, 0.3) is 5.57 Å². The summed E-state index contributed by atoms with van der Waals surface area (Å²) >= 11 is 3.57. The molecule has 2 fully saturated rings. The molecule has 5 rings (SSSR count). The van der Waals surface area contributed by atoms with Gasteiger partial charge in [-0.15, -0.1) is 0 Å². The van der Waals surface area contributed by atoms with E-state index in [1.807, 2.05) is 0 Å². The summed E-state index contributed by atoms with van der Waals surface area (Å²) in [5.74, 6) is 0.412. The Morgan fingerprint density at radius 3 is 2.87 bits per heavy atom. The lowest BCUT2D eigenvalue weighted by Gasteiger charge is -2.36. The van der Waals surface area contributed by atoms with Crippen molar-refractivity contribution in [1.82, 2.24) is 26.1 Å². The van der Waals surface area contributed by atoms with E-state index in [9.17, 15) is 9.50 Å². The molecule has 5 N–H and O–H groups in total. The summed E-state index contributed by atoms with van der Waals surface area (Å²) in [6.07, 6.45) is 2.35. The molecule has 0 bridgehead atoms. The first-order chi connectivity index (χ1) is 14.6. The molecular formula is C21H24BrF2N5O. The maximum atomic E-state index is 15.6. The van der Waals surface area contributed by atoms with Gasteiger partial charge in [0.25, 0.3) is 0 Å². The fourth-order valence-corrected chi connectivity index (χ4v) is 5.65. The van der Waals surface area contributed by atoms with Crippen molar-refractivity contribution in [2.24, 2.45) is 5.92 Å². The first-order valence-corrected chi connectivity index (χ1v) is 11.0. The Morgan fingerprint density at radius 1 is 1.23 bits per heavy atom. The van der Waals surface area contributed by atoms with Crippen LogP contribution in [-0.4, -0.2) is 40.4 Å². The van der Waals surface area contributed by atoms with E-state index in [2.05, 4.69) is 43.2 Å². The van der Waals surface area contributed by atoms with Gasteiger partial charge in [0, 0.05) is 24.9 Å². The fraction of sp³-hybridized carbons (Fsp3) is 0.476. The lowest BCUT2D eigenvalue weighted by molar-refractivity contribution is 0.134. The van der Waals surface area contributed by atoms with Gasteiger partial charge in [0.1, 0.15) is 34.7 Å². The van der Waals surface area contributed by atoms with Crippen LogP contribution in [0, 0.1) is 5.92 Å². The molecule has 1 aromatic heterocycles. The minimum absolute atomic E-state index is 0.00277. The summed E-state index contributed by atoms with van der Waals surface area (Å²) in [5, 5.41) is 12.9. The van der Waals surface area contributed by atoms with Gasteiger partial charge in [-0.2, -0.15) is 0 Å². The number of aromatic amines is 1. The first kappa shape index (κ1) is 20.1. The molecule has 1 saturated heterocycles. The second-order valence-electron chi connectivity index (χ2n) is 8.25. The summed E-state index contributed by atoms with van der Waals surface area (Å²) < 4.78 is 29.9. The second kappa shape index (κ2) is 8.03. The number of hydrazine groups is 1. The lowest BCUT2D eigenvalue weighted by atomic mass is 9.72. The Kier molecular flexibility index (Phi) is 5.38. The molecule has 3 aliphatic rings. The Hall–Kier alpha value is -1.81. The number of aromatic nitrogens is 2. The van der Waals surface area contributed by atoms with E-state index in [0.29, 0.717) is 17.5 Å². The van der Waals surface area contributed by atoms with E-state index in [1.165, 1.54) is 12.1 Å². The van der Waals surface area contributed by atoms with Crippen LogP contribution in [0.4, 0.5) is 8.78 Å². The summed E-state index contributed by atoms with van der Waals surface area (Å²) in [6, 6.07) is 4.03. The molecule has 1 saturated carbocycles. The van der Waals surface area contributed by atoms with Crippen molar-refractivity contribution in [1.29, 1.82) is 0 Å². The Bertz CT molecular complexity index is 980. The number of phenolic OH excluding ortho intramolecular Hbond substituents is 1. The third kappa shape index (κ3) is 3.37. The van der Waals surface area contributed by atoms with E-state index in [4.69, 9.17) is 4.98 Å². The van der Waals surface area contributed by atoms with Gasteiger partial charge in [-0.3, -0.25) is 5.43 Å². The predicted octanol–water partition coefficient (Wildman–Crippen LogP) is 3.38. The number of halogens is 3. The van der Waals surface area contributed by atoms with Gasteiger partial charge < -0.3 is 15.4 Å². The van der Waals surface area contributed by atoms with Crippen LogP contribution in [0.2, 0.25) is 0 Å². The molecule has 0 spiro atoms. The maximum Gasteiger partial charge on any atom is 0.126 e. The van der Waals surface area contributed by atoms with Gasteiger partial charge >= 0.3 is 0 Å². The molecule has 5 unspecified atom stereocenters. The number of nitrogens with one attached hydrogen (secondary N) is 4. The summed E-state index contributed by atoms with van der Waals surface area (Å²) in [6.45, 7) is 0.896. The average Bonchev–Trinajstić information content (AvgIpc) is 3.48. The van der Waals surface area contributed by atoms with Crippen LogP contribution in [0.15, 0.2) is 28.9 Å². The van der Waals surface area contributed by atoms with Crippen molar-refractivity contribution in [3.05, 3.63) is 51.5 Å². The SMILES string of the molecule is Oc1ccc(C2CCC3C(c4nc(C5=CCNC5)c(Br)[nH]4)NNC3C2F)c(CF)c1. The van der Waals surface area contributed by atoms with Crippen molar-refractivity contribution in [3.8, 4) is 5.75 Å². The third-order valence-corrected chi connectivity index (χ3v) is 7.16. The zero-order chi connectivity index (χ0) is 20.8. The normalized spacial score (nSPS) is 31.0. The highest BCUT2D eigenvalue weighted by molar-refractivity contribution is 9.10. The highest BCUT2D eigenvalue weighted by atomic mass is 79.9. The molecule has 9 heteroatoms. The van der Waals surface area contributed by atoms with Crippen LogP contribution in [-0.2, 0) is 6.67 Å². The van der Waals surface area contributed by atoms with E-state index in [-0.39, 0.29) is 17.7 Å². The number of nitrogens with zero attached hydrogens (tertiary/aromatic N) is 1. The predicted molar refractivity (Wildman–Crippen MR) is 113 cm³/mol. The topological polar surface area (TPSA) is 85.0 Å². The number of phenols is 1. The van der Waals surface area contributed by atoms with Crippen LogP contribution in [0.5, 0.6) is 5.75 Å². The molecule has 1 aromatic carbocycles. The summed E-state index contributed by atoms with van der Waals surface area (Å²) in [7, 11) is 0. The van der Waals surface area contributed by atoms with Crippen molar-refractivity contribution in [3.63, 3.8) is 0 Å². The highest BCUT2D eigenvalue weighted by Crippen LogP contribution is 2.46. The summed E-state index contributed by atoms with van der Waals surface area (Å²) in [5.41, 5.74) is 9.41. The van der Waals surface area contributed by atoms with E-state index in [0.717, 1.165) is 41.2 Å². The molecule has 2 aliphatic heterocycles. The third-order valence-electron chi connectivity index (χ3n) is 6.59. The van der Waals surface area contributed by atoms with Gasteiger partial charge in [0.05, 0.1) is 12.1 Å². The van der Waals surface area contributed by atoms with Gasteiger partial charge in [-0.25, -0.2) is 19.2 Å². The number of alkyl halides is 2. The number of rotatable bonds is 4. The molecule has 30 heavy (non-hydrogen) atoms. The van der Waals surface area contributed by atoms with Crippen molar-refractivity contribution in [2.45, 2.75) is 43.7 Å². The quantitative estimate of drug-likeness (QED) is 0.464. The average molecular weight is 480 g/mol. The number of imidazole rings is 1. The van der Waals surface area contributed by atoms with Gasteiger partial charge in [-0.05, 0) is 57.6 Å². The molecule has 1 aliphatic carbocycles. The first-order valence-electron chi connectivity index (χ1n) is 10.2. The fourth-order valence-electron chi connectivity index (χ4n) is 5.10. The molecular weight excluding hydrogens is 456 g/mol. The lowest BCUT2D eigenvalue weighted by Crippen LogP contribution is -2.45. The van der Waals surface area contributed by atoms with Crippen LogP contribution in [0.3, 0.4) is 0 Å². The second-order valence-corrected chi connectivity index (χ2v) is 9.04. The number of hydrogen-bond donors (Lipinski definition) is 5. The molecule has 5 atom stereocenters. The largest absolute Gasteiger partial charge is 0.508 e. The van der Waals surface area contributed by atoms with Gasteiger partial charge in [0.15, 0.2) is 0 Å². The van der Waals surface area contributed by atoms with Gasteiger partial charge in [-0.1, -0.05) is 12.1 Å². The maximum absolute atomic E-state index is 15.6. The number of benzene rings is 1. The summed E-state index contributed by atoms with van der Waals surface area (Å²) in [4.78, 5) is 8.10. The number of fused-ring (bicyclic) bond motifs is 1. The van der Waals surface area contributed by atoms with Crippen LogP contribution < -0.4 is 16.2 Å². The molecule has 6 nitrogen and oxygen atoms in total. The smallest absolute Gasteiger partial charge is 0.126 e. The molecule has 160 valence electrons. The Balaban J connectivity index is 1.37. The van der Waals surface area contributed by atoms with Crippen LogP contribution in [0.1, 0.15) is 47.4 Å². The standard InChI is InChI=1S/C21H24BrF2N5O/c22-20-17(10-5-6-25-9-10)26-21(27-20)19-15-4-3-14(16(24)18(15)28-29-19)13-2-1-12(30)7-11(13)8-23/h1-2,5,7,14-16,18-19,25,28-30H,3-4,6,8-9H2,(H,26,27). The number of aromatic hydroxyl groups is 1. The van der Waals surface area contributed by atoms with Gasteiger partial charge in [0.2, 0.25) is 0 Å². The van der Waals surface area contributed by atoms with Crippen molar-refractivity contribution >= 4 is 21.5 Å². The minimum Gasteiger partial charge on any atom is -0.508 e. The Labute approximate surface area is 181 Å². The highest BCUT2D eigenvalue weighted by Gasteiger charge is 2.49. The monoisotopic (exact) mass is 479 g/mol. The molecule has 2 aromatic rings. The zero-order valence-corrected chi connectivity index (χ0v) is 17.8. The van der Waals surface area contributed by atoms with Crippen LogP contribution >= 0.6 is 15.9 Å². The zero-order valence-electron chi connectivity index (χ0n) is 16.3.